The Bertz CT molecular complexity index is 310. The zero-order valence-electron chi connectivity index (χ0n) is 7.46. The predicted octanol–water partition coefficient (Wildman–Crippen LogP) is 1.50. The highest BCUT2D eigenvalue weighted by Gasteiger charge is 2.21. The second-order valence-corrected chi connectivity index (χ2v) is 3.26. The minimum absolute atomic E-state index is 0.0799. The van der Waals surface area contributed by atoms with E-state index in [0.717, 1.165) is 5.56 Å². The van der Waals surface area contributed by atoms with Crippen LogP contribution >= 0.6 is 0 Å². The molecule has 0 aromatic heterocycles. The first-order chi connectivity index (χ1) is 6.25. The number of benzene rings is 1. The maximum Gasteiger partial charge on any atom is 0.165 e. The second kappa shape index (κ2) is 3.34. The normalized spacial score (nSPS) is 16.8. The lowest BCUT2D eigenvalue weighted by atomic mass is 10.2. The van der Waals surface area contributed by atoms with E-state index in [0.29, 0.717) is 18.8 Å². The maximum atomic E-state index is 13.1. The molecule has 13 heavy (non-hydrogen) atoms. The van der Waals surface area contributed by atoms with E-state index in [2.05, 4.69) is 5.32 Å². The van der Waals surface area contributed by atoms with Crippen LogP contribution in [0.1, 0.15) is 5.56 Å². The lowest BCUT2D eigenvalue weighted by Crippen LogP contribution is -2.45. The van der Waals surface area contributed by atoms with Gasteiger partial charge in [0, 0.05) is 0 Å². The molecule has 1 aromatic rings. The Morgan fingerprint density at radius 2 is 2.23 bits per heavy atom. The van der Waals surface area contributed by atoms with Gasteiger partial charge in [-0.1, -0.05) is 6.07 Å². The lowest BCUT2D eigenvalue weighted by molar-refractivity contribution is 0.133. The van der Waals surface area contributed by atoms with Crippen LogP contribution in [0.2, 0.25) is 0 Å². The second-order valence-electron chi connectivity index (χ2n) is 3.26. The topological polar surface area (TPSA) is 23.3 Å². The van der Waals surface area contributed by atoms with Crippen molar-refractivity contribution >= 4 is 0 Å². The third-order valence-corrected chi connectivity index (χ3v) is 2.05. The number of halogens is 1. The predicted molar refractivity (Wildman–Crippen MR) is 47.4 cm³/mol. The minimum Gasteiger partial charge on any atom is -0.485 e. The highest BCUT2D eigenvalue weighted by molar-refractivity contribution is 5.29. The van der Waals surface area contributed by atoms with Crippen LogP contribution in [-0.4, -0.2) is 19.2 Å². The number of hydrogen-bond acceptors (Lipinski definition) is 1. The van der Waals surface area contributed by atoms with Crippen molar-refractivity contribution in [2.75, 3.05) is 13.1 Å². The molecule has 1 aliphatic heterocycles. The Balaban J connectivity index is 2.13. The summed E-state index contributed by atoms with van der Waals surface area (Å²) in [6.07, 6.45) is 0.0799. The Hall–Kier alpha value is -1.09. The molecule has 1 fully saturated rings. The summed E-state index contributed by atoms with van der Waals surface area (Å²) in [5.41, 5.74) is 1.01. The average molecular weight is 180 g/mol. The molecule has 0 saturated carbocycles. The fourth-order valence-electron chi connectivity index (χ4n) is 1.19. The summed E-state index contributed by atoms with van der Waals surface area (Å²) < 4.78 is 18.5. The van der Waals surface area contributed by atoms with Gasteiger partial charge in [-0.05, 0) is 24.6 Å². The zero-order valence-corrected chi connectivity index (χ0v) is 7.46. The van der Waals surface area contributed by atoms with Crippen molar-refractivity contribution < 1.29 is 9.13 Å². The van der Waals surface area contributed by atoms with Crippen molar-refractivity contribution in [1.29, 1.82) is 0 Å². The van der Waals surface area contributed by atoms with E-state index in [4.69, 9.17) is 4.74 Å². The molecule has 0 unspecified atom stereocenters. The van der Waals surface area contributed by atoms with Crippen molar-refractivity contribution in [3.05, 3.63) is 29.6 Å². The zero-order chi connectivity index (χ0) is 9.26. The van der Waals surface area contributed by atoms with Crippen LogP contribution in [0.4, 0.5) is 4.39 Å². The molecule has 2 rings (SSSR count). The van der Waals surface area contributed by atoms with Crippen LogP contribution in [0.3, 0.4) is 0 Å². The van der Waals surface area contributed by atoms with Crippen molar-refractivity contribution in [2.24, 2.45) is 0 Å². The quantitative estimate of drug-likeness (QED) is 0.676. The summed E-state index contributed by atoms with van der Waals surface area (Å²) in [4.78, 5) is 0. The first-order valence-corrected chi connectivity index (χ1v) is 4.32. The summed E-state index contributed by atoms with van der Waals surface area (Å²) in [6, 6.07) is 4.88. The number of hydrogen-bond donors (Lipinski definition) is 0. The molecule has 69 valence electrons. The van der Waals surface area contributed by atoms with E-state index in [1.54, 1.807) is 12.1 Å². The molecule has 1 aromatic carbocycles. The third kappa shape index (κ3) is 1.80. The van der Waals surface area contributed by atoms with Gasteiger partial charge in [-0.15, -0.1) is 0 Å². The summed E-state index contributed by atoms with van der Waals surface area (Å²) in [5, 5.41) is 4.00. The number of ether oxygens (including phenoxy) is 1. The van der Waals surface area contributed by atoms with Gasteiger partial charge >= 0.3 is 0 Å². The summed E-state index contributed by atoms with van der Waals surface area (Å²) in [6.45, 7) is 3.29. The molecule has 3 heteroatoms. The van der Waals surface area contributed by atoms with Crippen LogP contribution in [0, 0.1) is 12.7 Å². The van der Waals surface area contributed by atoms with Crippen LogP contribution in [0.25, 0.3) is 0 Å². The van der Waals surface area contributed by atoms with Crippen molar-refractivity contribution in [1.82, 2.24) is 5.32 Å². The fraction of sp³-hybridized carbons (Fsp3) is 0.400. The number of aryl methyl sites for hydroxylation is 1. The van der Waals surface area contributed by atoms with Crippen molar-refractivity contribution in [2.45, 2.75) is 13.0 Å². The first-order valence-electron chi connectivity index (χ1n) is 4.32. The Labute approximate surface area is 76.7 Å². The molecule has 2 nitrogen and oxygen atoms in total. The monoisotopic (exact) mass is 180 g/mol. The van der Waals surface area contributed by atoms with Crippen LogP contribution in [0.15, 0.2) is 18.2 Å². The standard InChI is InChI=1S/C10H11FNO/c1-7-2-3-9(11)10(4-7)13-8-5-12-6-8/h2-4,8H,5-6H2,1H3. The molecule has 1 saturated heterocycles. The Morgan fingerprint density at radius 3 is 2.85 bits per heavy atom. The van der Waals surface area contributed by atoms with Crippen molar-refractivity contribution in [3.8, 4) is 5.75 Å². The van der Waals surface area contributed by atoms with Gasteiger partial charge in [0.1, 0.15) is 6.10 Å². The van der Waals surface area contributed by atoms with Crippen LogP contribution in [-0.2, 0) is 0 Å². The first kappa shape index (κ1) is 8.51. The average Bonchev–Trinajstić information content (AvgIpc) is 2.03. The molecular weight excluding hydrogens is 169 g/mol. The minimum atomic E-state index is -0.294. The van der Waals surface area contributed by atoms with E-state index in [1.807, 2.05) is 6.92 Å². The van der Waals surface area contributed by atoms with Crippen molar-refractivity contribution in [3.63, 3.8) is 0 Å². The van der Waals surface area contributed by atoms with E-state index >= 15 is 0 Å². The van der Waals surface area contributed by atoms with Gasteiger partial charge in [-0.2, -0.15) is 0 Å². The molecular formula is C10H11FNO. The molecule has 1 radical (unpaired) electrons. The highest BCUT2D eigenvalue weighted by Crippen LogP contribution is 2.20. The SMILES string of the molecule is Cc1ccc(F)c(OC2C[N]C2)c1. The Morgan fingerprint density at radius 1 is 1.46 bits per heavy atom. The van der Waals surface area contributed by atoms with E-state index in [9.17, 15) is 4.39 Å². The van der Waals surface area contributed by atoms with Gasteiger partial charge < -0.3 is 4.74 Å². The van der Waals surface area contributed by atoms with Gasteiger partial charge in [0.25, 0.3) is 0 Å². The number of rotatable bonds is 2. The molecule has 0 aliphatic carbocycles. The van der Waals surface area contributed by atoms with Gasteiger partial charge in [0.05, 0.1) is 13.1 Å². The van der Waals surface area contributed by atoms with E-state index in [1.165, 1.54) is 6.07 Å². The summed E-state index contributed by atoms with van der Waals surface area (Å²) in [7, 11) is 0. The van der Waals surface area contributed by atoms with Gasteiger partial charge in [-0.3, -0.25) is 0 Å². The van der Waals surface area contributed by atoms with Gasteiger partial charge in [0.15, 0.2) is 11.6 Å². The van der Waals surface area contributed by atoms with E-state index < -0.39 is 0 Å². The molecule has 1 heterocycles. The fourth-order valence-corrected chi connectivity index (χ4v) is 1.19. The maximum absolute atomic E-state index is 13.1. The molecule has 0 atom stereocenters. The molecule has 0 spiro atoms. The Kier molecular flexibility index (Phi) is 2.19. The molecule has 0 bridgehead atoms. The van der Waals surface area contributed by atoms with Crippen LogP contribution < -0.4 is 10.1 Å². The molecule has 0 N–H and O–H groups in total. The molecule has 1 aliphatic rings. The van der Waals surface area contributed by atoms with E-state index in [-0.39, 0.29) is 11.9 Å². The molecule has 0 amide bonds. The summed E-state index contributed by atoms with van der Waals surface area (Å²) >= 11 is 0. The summed E-state index contributed by atoms with van der Waals surface area (Å²) in [5.74, 6) is 0.0531. The van der Waals surface area contributed by atoms with Gasteiger partial charge in [0.2, 0.25) is 0 Å². The third-order valence-electron chi connectivity index (χ3n) is 2.05. The largest absolute Gasteiger partial charge is 0.485 e. The highest BCUT2D eigenvalue weighted by atomic mass is 19.1. The van der Waals surface area contributed by atoms with Crippen LogP contribution in [0.5, 0.6) is 5.75 Å². The lowest BCUT2D eigenvalue weighted by Gasteiger charge is -2.26. The van der Waals surface area contributed by atoms with Gasteiger partial charge in [-0.25, -0.2) is 9.71 Å². The smallest absolute Gasteiger partial charge is 0.165 e. The number of nitrogens with zero attached hydrogens (tertiary/aromatic N) is 1.